The maximum Gasteiger partial charge on any atom is 0.260 e. The van der Waals surface area contributed by atoms with Gasteiger partial charge in [-0.1, -0.05) is 12.1 Å². The van der Waals surface area contributed by atoms with Crippen LogP contribution in [0.4, 0.5) is 14.5 Å². The van der Waals surface area contributed by atoms with Crippen molar-refractivity contribution in [3.63, 3.8) is 0 Å². The molecule has 2 aromatic carbocycles. The monoisotopic (exact) mass is 479 g/mol. The van der Waals surface area contributed by atoms with E-state index in [0.29, 0.717) is 11.4 Å². The van der Waals surface area contributed by atoms with Crippen LogP contribution in [0.3, 0.4) is 0 Å². The summed E-state index contributed by atoms with van der Waals surface area (Å²) in [7, 11) is -4.36. The van der Waals surface area contributed by atoms with Gasteiger partial charge in [-0.25, -0.2) is 17.2 Å². The molecule has 33 heavy (non-hydrogen) atoms. The minimum absolute atomic E-state index is 0.0358. The number of halogens is 2. The van der Waals surface area contributed by atoms with E-state index in [1.165, 1.54) is 4.90 Å². The van der Waals surface area contributed by atoms with Crippen molar-refractivity contribution in [3.8, 4) is 5.75 Å². The summed E-state index contributed by atoms with van der Waals surface area (Å²) in [6.07, 6.45) is 1.78. The quantitative estimate of drug-likeness (QED) is 0.657. The van der Waals surface area contributed by atoms with Gasteiger partial charge in [-0.15, -0.1) is 0 Å². The summed E-state index contributed by atoms with van der Waals surface area (Å²) in [5, 5.41) is 2.81. The van der Waals surface area contributed by atoms with Crippen molar-refractivity contribution >= 4 is 27.5 Å². The van der Waals surface area contributed by atoms with E-state index in [1.54, 1.807) is 24.3 Å². The largest absolute Gasteiger partial charge is 0.484 e. The summed E-state index contributed by atoms with van der Waals surface area (Å²) < 4.78 is 59.7. The lowest BCUT2D eigenvalue weighted by molar-refractivity contribution is -0.134. The van der Waals surface area contributed by atoms with Crippen molar-refractivity contribution in [2.45, 2.75) is 17.7 Å². The van der Waals surface area contributed by atoms with Gasteiger partial charge in [0.15, 0.2) is 11.5 Å². The standard InChI is InChI=1S/C22H23F2N3O5S/c23-18-5-2-6-19(24)21(18)33(30,31)27-11-9-26(10-12-27)20(28)14-32-17-4-1-3-16(13-17)25-22(29)15-7-8-15/h1-6,13,15H,7-12,14H2,(H,25,29). The van der Waals surface area contributed by atoms with E-state index in [2.05, 4.69) is 5.32 Å². The molecule has 1 heterocycles. The van der Waals surface area contributed by atoms with Gasteiger partial charge in [-0.2, -0.15) is 4.31 Å². The fraction of sp³-hybridized carbons (Fsp3) is 0.364. The van der Waals surface area contributed by atoms with Gasteiger partial charge in [-0.05, 0) is 37.1 Å². The number of nitrogens with zero attached hydrogens (tertiary/aromatic N) is 2. The molecule has 1 aliphatic heterocycles. The van der Waals surface area contributed by atoms with E-state index in [0.717, 1.165) is 35.3 Å². The summed E-state index contributed by atoms with van der Waals surface area (Å²) in [5.41, 5.74) is 0.580. The first-order chi connectivity index (χ1) is 15.8. The molecule has 1 aliphatic carbocycles. The molecule has 0 atom stereocenters. The van der Waals surface area contributed by atoms with Crippen molar-refractivity contribution in [2.24, 2.45) is 5.92 Å². The third-order valence-electron chi connectivity index (χ3n) is 5.52. The van der Waals surface area contributed by atoms with E-state index in [-0.39, 0.29) is 50.5 Å². The highest BCUT2D eigenvalue weighted by atomic mass is 32.2. The predicted octanol–water partition coefficient (Wildman–Crippen LogP) is 2.23. The SMILES string of the molecule is O=C(Nc1cccc(OCC(=O)N2CCN(S(=O)(=O)c3c(F)cccc3F)CC2)c1)C1CC1. The second-order valence-electron chi connectivity index (χ2n) is 7.92. The zero-order valence-corrected chi connectivity index (χ0v) is 18.5. The highest BCUT2D eigenvalue weighted by Gasteiger charge is 2.34. The molecule has 11 heteroatoms. The lowest BCUT2D eigenvalue weighted by Gasteiger charge is -2.34. The maximum absolute atomic E-state index is 14.0. The number of benzene rings is 2. The van der Waals surface area contributed by atoms with Crippen molar-refractivity contribution in [1.82, 2.24) is 9.21 Å². The molecule has 1 saturated carbocycles. The Kier molecular flexibility index (Phi) is 6.61. The first kappa shape index (κ1) is 23.1. The molecule has 4 rings (SSSR count). The fourth-order valence-electron chi connectivity index (χ4n) is 3.53. The molecule has 0 aromatic heterocycles. The van der Waals surface area contributed by atoms with Gasteiger partial charge < -0.3 is 15.0 Å². The molecule has 0 unspecified atom stereocenters. The Bertz CT molecular complexity index is 1140. The molecule has 176 valence electrons. The molecule has 2 amide bonds. The molecule has 0 spiro atoms. The average molecular weight is 480 g/mol. The van der Waals surface area contributed by atoms with E-state index in [9.17, 15) is 26.8 Å². The first-order valence-corrected chi connectivity index (χ1v) is 12.0. The zero-order valence-electron chi connectivity index (χ0n) is 17.7. The fourth-order valence-corrected chi connectivity index (χ4v) is 5.06. The van der Waals surface area contributed by atoms with E-state index < -0.39 is 26.6 Å². The minimum atomic E-state index is -4.36. The lowest BCUT2D eigenvalue weighted by Crippen LogP contribution is -2.51. The number of hydrogen-bond acceptors (Lipinski definition) is 5. The number of anilines is 1. The van der Waals surface area contributed by atoms with Crippen molar-refractivity contribution in [1.29, 1.82) is 0 Å². The van der Waals surface area contributed by atoms with Crippen LogP contribution >= 0.6 is 0 Å². The summed E-state index contributed by atoms with van der Waals surface area (Å²) in [5.74, 6) is -2.22. The average Bonchev–Trinajstić information content (AvgIpc) is 3.63. The normalized spacial score (nSPS) is 17.0. The van der Waals surface area contributed by atoms with Crippen LogP contribution in [-0.2, 0) is 19.6 Å². The number of hydrogen-bond donors (Lipinski definition) is 1. The molecule has 0 radical (unpaired) electrons. The summed E-state index contributed by atoms with van der Waals surface area (Å²) in [6.45, 7) is -0.326. The van der Waals surface area contributed by atoms with Crippen LogP contribution < -0.4 is 10.1 Å². The molecule has 0 bridgehead atoms. The van der Waals surface area contributed by atoms with Gasteiger partial charge in [0.1, 0.15) is 17.4 Å². The Balaban J connectivity index is 1.30. The van der Waals surface area contributed by atoms with Crippen LogP contribution in [0.1, 0.15) is 12.8 Å². The van der Waals surface area contributed by atoms with Crippen LogP contribution in [0.2, 0.25) is 0 Å². The number of ether oxygens (including phenoxy) is 1. The highest BCUT2D eigenvalue weighted by Crippen LogP contribution is 2.30. The Morgan fingerprint density at radius 1 is 1.00 bits per heavy atom. The summed E-state index contributed by atoms with van der Waals surface area (Å²) in [4.78, 5) is 24.8. The molecule has 1 saturated heterocycles. The molecule has 2 aliphatic rings. The Hall–Kier alpha value is -3.05. The van der Waals surface area contributed by atoms with Crippen LogP contribution in [0.15, 0.2) is 47.4 Å². The zero-order chi connectivity index (χ0) is 23.6. The number of rotatable bonds is 7. The van der Waals surface area contributed by atoms with E-state index in [4.69, 9.17) is 4.74 Å². The summed E-state index contributed by atoms with van der Waals surface area (Å²) >= 11 is 0. The number of carbonyl (C=O) groups excluding carboxylic acids is 2. The molecule has 8 nitrogen and oxygen atoms in total. The van der Waals surface area contributed by atoms with Gasteiger partial charge in [0.05, 0.1) is 0 Å². The van der Waals surface area contributed by atoms with Gasteiger partial charge in [0.25, 0.3) is 5.91 Å². The lowest BCUT2D eigenvalue weighted by atomic mass is 10.3. The third-order valence-corrected chi connectivity index (χ3v) is 7.47. The van der Waals surface area contributed by atoms with Crippen LogP contribution in [0.25, 0.3) is 0 Å². The molecule has 1 N–H and O–H groups in total. The second kappa shape index (κ2) is 9.44. The van der Waals surface area contributed by atoms with Crippen molar-refractivity contribution < 1.29 is 31.5 Å². The van der Waals surface area contributed by atoms with Gasteiger partial charge in [0, 0.05) is 43.9 Å². The number of sulfonamides is 1. The van der Waals surface area contributed by atoms with Crippen LogP contribution in [0.5, 0.6) is 5.75 Å². The highest BCUT2D eigenvalue weighted by molar-refractivity contribution is 7.89. The minimum Gasteiger partial charge on any atom is -0.484 e. The topological polar surface area (TPSA) is 96.0 Å². The second-order valence-corrected chi connectivity index (χ2v) is 9.79. The van der Waals surface area contributed by atoms with E-state index >= 15 is 0 Å². The molecular weight excluding hydrogens is 456 g/mol. The van der Waals surface area contributed by atoms with Crippen LogP contribution in [0, 0.1) is 17.6 Å². The Morgan fingerprint density at radius 3 is 2.27 bits per heavy atom. The third kappa shape index (κ3) is 5.31. The maximum atomic E-state index is 14.0. The molecule has 2 fully saturated rings. The Labute approximate surface area is 190 Å². The van der Waals surface area contributed by atoms with Crippen LogP contribution in [-0.4, -0.2) is 62.2 Å². The Morgan fingerprint density at radius 2 is 1.64 bits per heavy atom. The number of piperazine rings is 1. The molecular formula is C22H23F2N3O5S. The number of amides is 2. The van der Waals surface area contributed by atoms with Gasteiger partial charge in [-0.3, -0.25) is 9.59 Å². The smallest absolute Gasteiger partial charge is 0.260 e. The number of carbonyl (C=O) groups is 2. The van der Waals surface area contributed by atoms with Gasteiger partial charge in [0.2, 0.25) is 15.9 Å². The predicted molar refractivity (Wildman–Crippen MR) is 115 cm³/mol. The van der Waals surface area contributed by atoms with Gasteiger partial charge >= 0.3 is 0 Å². The van der Waals surface area contributed by atoms with Crippen molar-refractivity contribution in [3.05, 3.63) is 54.1 Å². The summed E-state index contributed by atoms with van der Waals surface area (Å²) in [6, 6.07) is 9.59. The van der Waals surface area contributed by atoms with Crippen molar-refractivity contribution in [2.75, 3.05) is 38.1 Å². The van der Waals surface area contributed by atoms with E-state index in [1.807, 2.05) is 0 Å². The number of nitrogens with one attached hydrogen (secondary N) is 1. The first-order valence-electron chi connectivity index (χ1n) is 10.5. The molecule has 2 aromatic rings.